The third kappa shape index (κ3) is 4.33. The fourth-order valence-corrected chi connectivity index (χ4v) is 5.95. The van der Waals surface area contributed by atoms with Crippen molar-refractivity contribution >= 4 is 10.9 Å². The van der Waals surface area contributed by atoms with Gasteiger partial charge in [-0.2, -0.15) is 0 Å². The van der Waals surface area contributed by atoms with Crippen molar-refractivity contribution in [3.05, 3.63) is 77.4 Å². The summed E-state index contributed by atoms with van der Waals surface area (Å²) >= 11 is 0. The van der Waals surface area contributed by atoms with Crippen molar-refractivity contribution in [3.8, 4) is 28.5 Å². The molecule has 0 saturated carbocycles. The molecule has 0 unspecified atom stereocenters. The highest BCUT2D eigenvalue weighted by Gasteiger charge is 2.27. The Morgan fingerprint density at radius 2 is 1.75 bits per heavy atom. The molecule has 0 amide bonds. The molecule has 5 nitrogen and oxygen atoms in total. The summed E-state index contributed by atoms with van der Waals surface area (Å²) in [6.45, 7) is 4.86. The number of piperidine rings is 1. The van der Waals surface area contributed by atoms with Crippen LogP contribution in [0.5, 0.6) is 17.2 Å². The highest BCUT2D eigenvalue weighted by Crippen LogP contribution is 2.45. The monoisotopic (exact) mass is 482 g/mol. The first-order valence-electron chi connectivity index (χ1n) is 13.2. The van der Waals surface area contributed by atoms with Crippen LogP contribution >= 0.6 is 0 Å². The average Bonchev–Trinajstić information content (AvgIpc) is 3.22. The first kappa shape index (κ1) is 23.0. The summed E-state index contributed by atoms with van der Waals surface area (Å²) in [5.41, 5.74) is 7.33. The zero-order chi connectivity index (χ0) is 24.5. The molecule has 0 bridgehead atoms. The number of aryl methyl sites for hydroxylation is 2. The minimum atomic E-state index is 0.305. The van der Waals surface area contributed by atoms with Gasteiger partial charge in [0.05, 0.1) is 12.8 Å². The zero-order valence-electron chi connectivity index (χ0n) is 21.0. The molecule has 2 aliphatic rings. The lowest BCUT2D eigenvalue weighted by molar-refractivity contribution is 0.183. The van der Waals surface area contributed by atoms with Crippen molar-refractivity contribution in [2.75, 3.05) is 33.4 Å². The van der Waals surface area contributed by atoms with Gasteiger partial charge in [-0.25, -0.2) is 0 Å². The summed E-state index contributed by atoms with van der Waals surface area (Å²) in [7, 11) is 1.74. The maximum absolute atomic E-state index is 10.3. The van der Waals surface area contributed by atoms with Crippen LogP contribution in [0.15, 0.2) is 60.7 Å². The molecular weight excluding hydrogens is 448 g/mol. The van der Waals surface area contributed by atoms with E-state index in [1.165, 1.54) is 60.3 Å². The lowest BCUT2D eigenvalue weighted by atomic mass is 9.88. The molecule has 1 aromatic heterocycles. The Morgan fingerprint density at radius 3 is 2.56 bits per heavy atom. The van der Waals surface area contributed by atoms with Crippen LogP contribution in [0.1, 0.15) is 36.0 Å². The lowest BCUT2D eigenvalue weighted by Gasteiger charge is -2.26. The molecule has 1 fully saturated rings. The van der Waals surface area contributed by atoms with E-state index in [1.54, 1.807) is 13.2 Å². The maximum atomic E-state index is 10.3. The molecule has 1 aliphatic heterocycles. The highest BCUT2D eigenvalue weighted by atomic mass is 16.5. The number of benzene rings is 3. The molecule has 3 aromatic carbocycles. The molecule has 0 spiro atoms. The van der Waals surface area contributed by atoms with Crippen LogP contribution in [0.3, 0.4) is 0 Å². The van der Waals surface area contributed by atoms with Crippen LogP contribution < -0.4 is 9.47 Å². The van der Waals surface area contributed by atoms with Crippen LogP contribution in [-0.2, 0) is 19.4 Å². The van der Waals surface area contributed by atoms with E-state index >= 15 is 0 Å². The number of aromatic nitrogens is 1. The van der Waals surface area contributed by atoms with E-state index in [4.69, 9.17) is 9.47 Å². The third-order valence-corrected chi connectivity index (χ3v) is 7.75. The Balaban J connectivity index is 1.29. The number of aromatic hydroxyl groups is 1. The van der Waals surface area contributed by atoms with Crippen LogP contribution in [-0.4, -0.2) is 47.9 Å². The van der Waals surface area contributed by atoms with E-state index < -0.39 is 0 Å². The molecule has 36 heavy (non-hydrogen) atoms. The number of likely N-dealkylation sites (tertiary alicyclic amines) is 1. The Bertz CT molecular complexity index is 1350. The van der Waals surface area contributed by atoms with Gasteiger partial charge in [0, 0.05) is 29.6 Å². The summed E-state index contributed by atoms with van der Waals surface area (Å²) in [6.07, 6.45) is 5.90. The highest BCUT2D eigenvalue weighted by molar-refractivity contribution is 5.95. The quantitative estimate of drug-likeness (QED) is 0.349. The number of phenolic OH excluding ortho intramolecular Hbond substituents is 1. The zero-order valence-corrected chi connectivity index (χ0v) is 21.0. The van der Waals surface area contributed by atoms with Crippen molar-refractivity contribution in [3.63, 3.8) is 0 Å². The Kier molecular flexibility index (Phi) is 6.32. The van der Waals surface area contributed by atoms with Gasteiger partial charge in [-0.1, -0.05) is 30.7 Å². The largest absolute Gasteiger partial charge is 0.508 e. The Hall–Kier alpha value is -3.44. The molecule has 5 heteroatoms. The minimum absolute atomic E-state index is 0.305. The van der Waals surface area contributed by atoms with Gasteiger partial charge in [-0.15, -0.1) is 0 Å². The molecule has 4 aromatic rings. The molecule has 1 saturated heterocycles. The predicted molar refractivity (Wildman–Crippen MR) is 144 cm³/mol. The fourth-order valence-electron chi connectivity index (χ4n) is 5.95. The second-order valence-corrected chi connectivity index (χ2v) is 10.0. The maximum Gasteiger partial charge on any atom is 0.128 e. The summed E-state index contributed by atoms with van der Waals surface area (Å²) in [5, 5.41) is 11.4. The van der Waals surface area contributed by atoms with Crippen molar-refractivity contribution in [2.24, 2.45) is 0 Å². The van der Waals surface area contributed by atoms with E-state index in [0.29, 0.717) is 5.75 Å². The average molecular weight is 483 g/mol. The summed E-state index contributed by atoms with van der Waals surface area (Å²) in [6, 6.07) is 20.6. The van der Waals surface area contributed by atoms with Crippen LogP contribution in [0.2, 0.25) is 0 Å². The predicted octanol–water partition coefficient (Wildman–Crippen LogP) is 6.03. The molecule has 2 heterocycles. The molecule has 0 atom stereocenters. The standard InChI is InChI=1S/C31H34N2O3/c1-35-29-7-5-6-23-10-14-26-27-20-24(34)11-15-28(27)33(31(26)30(23)29)21-22-8-12-25(13-9-22)36-19-18-32-16-3-2-4-17-32/h5-9,11-13,15,20,34H,2-4,10,14,16-19,21H2,1H3. The SMILES string of the molecule is COc1cccc2c1-c1c(c3cc(O)ccc3n1Cc1ccc(OCCN3CCCCC3)cc1)CC2. The summed E-state index contributed by atoms with van der Waals surface area (Å²) in [5.74, 6) is 2.13. The first-order chi connectivity index (χ1) is 17.7. The van der Waals surface area contributed by atoms with E-state index in [0.717, 1.165) is 54.9 Å². The topological polar surface area (TPSA) is 46.9 Å². The number of rotatable bonds is 7. The van der Waals surface area contributed by atoms with E-state index in [-0.39, 0.29) is 0 Å². The van der Waals surface area contributed by atoms with Gasteiger partial charge in [0.2, 0.25) is 0 Å². The second-order valence-electron chi connectivity index (χ2n) is 10.0. The van der Waals surface area contributed by atoms with Gasteiger partial charge >= 0.3 is 0 Å². The van der Waals surface area contributed by atoms with Gasteiger partial charge < -0.3 is 19.1 Å². The van der Waals surface area contributed by atoms with Gasteiger partial charge in [-0.3, -0.25) is 4.90 Å². The molecule has 0 radical (unpaired) electrons. The minimum Gasteiger partial charge on any atom is -0.508 e. The number of hydrogen-bond acceptors (Lipinski definition) is 4. The Morgan fingerprint density at radius 1 is 0.917 bits per heavy atom. The second kappa shape index (κ2) is 9.90. The van der Waals surface area contributed by atoms with Gasteiger partial charge in [-0.05, 0) is 91.9 Å². The normalized spacial score (nSPS) is 15.5. The van der Waals surface area contributed by atoms with Crippen LogP contribution in [0.25, 0.3) is 22.2 Å². The lowest BCUT2D eigenvalue weighted by Crippen LogP contribution is -2.33. The van der Waals surface area contributed by atoms with E-state index in [9.17, 15) is 5.11 Å². The van der Waals surface area contributed by atoms with Gasteiger partial charge in [0.25, 0.3) is 0 Å². The number of fused-ring (bicyclic) bond motifs is 5. The third-order valence-electron chi connectivity index (χ3n) is 7.75. The van der Waals surface area contributed by atoms with Gasteiger partial charge in [0.1, 0.15) is 23.9 Å². The molecule has 6 rings (SSSR count). The number of methoxy groups -OCH3 is 1. The summed E-state index contributed by atoms with van der Waals surface area (Å²) in [4.78, 5) is 2.50. The van der Waals surface area contributed by atoms with Crippen molar-refractivity contribution in [2.45, 2.75) is 38.6 Å². The number of phenols is 1. The molecule has 1 aliphatic carbocycles. The Labute approximate surface area is 212 Å². The first-order valence-corrected chi connectivity index (χ1v) is 13.2. The number of nitrogens with zero attached hydrogens (tertiary/aromatic N) is 2. The molecular formula is C31H34N2O3. The summed E-state index contributed by atoms with van der Waals surface area (Å²) < 4.78 is 14.3. The number of hydrogen-bond donors (Lipinski definition) is 1. The van der Waals surface area contributed by atoms with Gasteiger partial charge in [0.15, 0.2) is 0 Å². The smallest absolute Gasteiger partial charge is 0.128 e. The van der Waals surface area contributed by atoms with Crippen LogP contribution in [0, 0.1) is 0 Å². The molecule has 186 valence electrons. The number of ether oxygens (including phenoxy) is 2. The van der Waals surface area contributed by atoms with Crippen molar-refractivity contribution in [1.29, 1.82) is 0 Å². The van der Waals surface area contributed by atoms with Crippen molar-refractivity contribution in [1.82, 2.24) is 9.47 Å². The van der Waals surface area contributed by atoms with E-state index in [1.807, 2.05) is 18.2 Å². The van der Waals surface area contributed by atoms with Crippen molar-refractivity contribution < 1.29 is 14.6 Å². The van der Waals surface area contributed by atoms with Crippen LogP contribution in [0.4, 0.5) is 0 Å². The van der Waals surface area contributed by atoms with E-state index in [2.05, 4.69) is 45.9 Å². The fraction of sp³-hybridized carbons (Fsp3) is 0.355. The molecule has 1 N–H and O–H groups in total.